The van der Waals surface area contributed by atoms with Gasteiger partial charge in [-0.3, -0.25) is 4.79 Å². The molecule has 2 rings (SSSR count). The molecule has 15 heavy (non-hydrogen) atoms. The Labute approximate surface area is 89.4 Å². The fourth-order valence-electron chi connectivity index (χ4n) is 1.27. The van der Waals surface area contributed by atoms with Gasteiger partial charge < -0.3 is 0 Å². The van der Waals surface area contributed by atoms with Crippen molar-refractivity contribution in [3.63, 3.8) is 0 Å². The van der Waals surface area contributed by atoms with Gasteiger partial charge in [0.25, 0.3) is 15.9 Å². The lowest BCUT2D eigenvalue weighted by Crippen LogP contribution is -2.20. The van der Waals surface area contributed by atoms with Crippen LogP contribution in [0.2, 0.25) is 0 Å². The van der Waals surface area contributed by atoms with E-state index in [1.807, 2.05) is 18.6 Å². The lowest BCUT2D eigenvalue weighted by molar-refractivity contribution is 0.0985. The lowest BCUT2D eigenvalue weighted by atomic mass is 10.1. The van der Waals surface area contributed by atoms with Gasteiger partial charge in [0.05, 0.1) is 5.56 Å². The number of sulfonamides is 1. The number of hydrogen-bond acceptors (Lipinski definition) is 3. The number of nitrogens with one attached hydrogen (secondary N) is 1. The Morgan fingerprint density at radius 3 is 2.40 bits per heavy atom. The second kappa shape index (κ2) is 4.02. The van der Waals surface area contributed by atoms with E-state index < -0.39 is 15.9 Å². The minimum absolute atomic E-state index is 0.0810. The van der Waals surface area contributed by atoms with Crippen LogP contribution in [0.1, 0.15) is 29.8 Å². The highest BCUT2D eigenvalue weighted by Gasteiger charge is 2.31. The summed E-state index contributed by atoms with van der Waals surface area (Å²) < 4.78 is 24.5. The van der Waals surface area contributed by atoms with Gasteiger partial charge in [-0.2, -0.15) is 0 Å². The fourth-order valence-corrected chi connectivity index (χ4v) is 2.53. The van der Waals surface area contributed by atoms with E-state index in [1.54, 1.807) is 13.0 Å². The Kier molecular flexibility index (Phi) is 3.14. The summed E-state index contributed by atoms with van der Waals surface area (Å²) in [7, 11) is -3.58. The van der Waals surface area contributed by atoms with Crippen molar-refractivity contribution in [3.05, 3.63) is 29.3 Å². The van der Waals surface area contributed by atoms with E-state index >= 15 is 0 Å². The Balaban J connectivity index is 0.000000531. The van der Waals surface area contributed by atoms with E-state index in [-0.39, 0.29) is 10.5 Å². The molecule has 0 saturated carbocycles. The molecular formula is C10H13NO3S. The van der Waals surface area contributed by atoms with Crippen LogP contribution in [0, 0.1) is 6.92 Å². The van der Waals surface area contributed by atoms with Crippen LogP contribution in [0.15, 0.2) is 23.1 Å². The summed E-state index contributed by atoms with van der Waals surface area (Å²) in [6, 6.07) is 4.71. The van der Waals surface area contributed by atoms with E-state index in [9.17, 15) is 13.2 Å². The summed E-state index contributed by atoms with van der Waals surface area (Å²) in [5, 5.41) is 0. The summed E-state index contributed by atoms with van der Waals surface area (Å²) in [5.41, 5.74) is 1.05. The third-order valence-electron chi connectivity index (χ3n) is 1.90. The van der Waals surface area contributed by atoms with Crippen LogP contribution in [-0.4, -0.2) is 14.3 Å². The van der Waals surface area contributed by atoms with Crippen LogP contribution in [0.25, 0.3) is 0 Å². The number of carbonyl (C=O) groups is 1. The number of fused-ring (bicyclic) bond motifs is 1. The Morgan fingerprint density at radius 2 is 1.80 bits per heavy atom. The third-order valence-corrected chi connectivity index (χ3v) is 3.27. The van der Waals surface area contributed by atoms with Gasteiger partial charge in [0.1, 0.15) is 4.90 Å². The van der Waals surface area contributed by atoms with Crippen LogP contribution in [0.5, 0.6) is 0 Å². The molecule has 0 saturated heterocycles. The van der Waals surface area contributed by atoms with Gasteiger partial charge in [-0.05, 0) is 24.6 Å². The number of hydrogen-bond donors (Lipinski definition) is 1. The molecule has 1 aromatic carbocycles. The first-order chi connectivity index (χ1) is 7.00. The minimum Gasteiger partial charge on any atom is -0.268 e. The second-order valence-electron chi connectivity index (χ2n) is 2.93. The predicted molar refractivity (Wildman–Crippen MR) is 57.2 cm³/mol. The Morgan fingerprint density at radius 1 is 1.20 bits per heavy atom. The van der Waals surface area contributed by atoms with Gasteiger partial charge in [0.2, 0.25) is 0 Å². The topological polar surface area (TPSA) is 63.2 Å². The van der Waals surface area contributed by atoms with Gasteiger partial charge in [-0.15, -0.1) is 0 Å². The first-order valence-corrected chi connectivity index (χ1v) is 6.17. The van der Waals surface area contributed by atoms with E-state index in [1.165, 1.54) is 12.1 Å². The molecule has 0 spiro atoms. The molecule has 82 valence electrons. The maximum atomic E-state index is 11.3. The summed E-state index contributed by atoms with van der Waals surface area (Å²) >= 11 is 0. The van der Waals surface area contributed by atoms with Gasteiger partial charge in [-0.1, -0.05) is 19.9 Å². The zero-order valence-corrected chi connectivity index (χ0v) is 9.68. The van der Waals surface area contributed by atoms with E-state index in [4.69, 9.17) is 0 Å². The average molecular weight is 227 g/mol. The van der Waals surface area contributed by atoms with E-state index in [0.29, 0.717) is 0 Å². The van der Waals surface area contributed by atoms with Crippen molar-refractivity contribution in [1.29, 1.82) is 0 Å². The van der Waals surface area contributed by atoms with E-state index in [2.05, 4.69) is 0 Å². The maximum absolute atomic E-state index is 11.3. The number of carbonyl (C=O) groups excluding carboxylic acids is 1. The molecule has 0 aromatic heterocycles. The quantitative estimate of drug-likeness (QED) is 0.729. The van der Waals surface area contributed by atoms with Crippen molar-refractivity contribution >= 4 is 15.9 Å². The molecule has 0 fully saturated rings. The van der Waals surface area contributed by atoms with Crippen LogP contribution >= 0.6 is 0 Å². The SMILES string of the molecule is CC.Cc1ccc2c(c1)S(=O)(=O)NC2=O. The van der Waals surface area contributed by atoms with Crippen molar-refractivity contribution in [2.24, 2.45) is 0 Å². The second-order valence-corrected chi connectivity index (χ2v) is 4.59. The molecule has 0 atom stereocenters. The maximum Gasteiger partial charge on any atom is 0.266 e. The zero-order chi connectivity index (χ0) is 11.6. The van der Waals surface area contributed by atoms with Crippen molar-refractivity contribution in [3.8, 4) is 0 Å². The van der Waals surface area contributed by atoms with Crippen LogP contribution < -0.4 is 4.72 Å². The number of rotatable bonds is 0. The van der Waals surface area contributed by atoms with Crippen molar-refractivity contribution < 1.29 is 13.2 Å². The van der Waals surface area contributed by atoms with Crippen LogP contribution in [-0.2, 0) is 10.0 Å². The van der Waals surface area contributed by atoms with Crippen molar-refractivity contribution in [1.82, 2.24) is 4.72 Å². The molecular weight excluding hydrogens is 214 g/mol. The summed E-state index contributed by atoms with van der Waals surface area (Å²) in [6.07, 6.45) is 0. The summed E-state index contributed by atoms with van der Waals surface area (Å²) in [5.74, 6) is -0.546. The minimum atomic E-state index is -3.58. The lowest BCUT2D eigenvalue weighted by Gasteiger charge is -1.95. The molecule has 0 aliphatic carbocycles. The number of amides is 1. The van der Waals surface area contributed by atoms with Crippen molar-refractivity contribution in [2.75, 3.05) is 0 Å². The van der Waals surface area contributed by atoms with Gasteiger partial charge in [0, 0.05) is 0 Å². The average Bonchev–Trinajstić information content (AvgIpc) is 2.40. The first-order valence-electron chi connectivity index (χ1n) is 4.68. The molecule has 0 bridgehead atoms. The monoisotopic (exact) mass is 227 g/mol. The van der Waals surface area contributed by atoms with E-state index in [0.717, 1.165) is 5.56 Å². The molecule has 1 aliphatic heterocycles. The molecule has 1 N–H and O–H groups in total. The summed E-state index contributed by atoms with van der Waals surface area (Å²) in [6.45, 7) is 5.78. The number of benzene rings is 1. The smallest absolute Gasteiger partial charge is 0.266 e. The molecule has 0 radical (unpaired) electrons. The molecule has 1 heterocycles. The normalized spacial score (nSPS) is 16.1. The molecule has 4 nitrogen and oxygen atoms in total. The van der Waals surface area contributed by atoms with Gasteiger partial charge in [0.15, 0.2) is 0 Å². The van der Waals surface area contributed by atoms with Crippen LogP contribution in [0.4, 0.5) is 0 Å². The van der Waals surface area contributed by atoms with Gasteiger partial charge in [-0.25, -0.2) is 13.1 Å². The highest BCUT2D eigenvalue weighted by Crippen LogP contribution is 2.22. The Bertz CT molecular complexity index is 491. The third kappa shape index (κ3) is 2.02. The first kappa shape index (κ1) is 11.7. The largest absolute Gasteiger partial charge is 0.268 e. The molecule has 0 unspecified atom stereocenters. The zero-order valence-electron chi connectivity index (χ0n) is 8.87. The van der Waals surface area contributed by atoms with Gasteiger partial charge >= 0.3 is 0 Å². The number of aryl methyl sites for hydroxylation is 1. The highest BCUT2D eigenvalue weighted by atomic mass is 32.2. The van der Waals surface area contributed by atoms with Crippen LogP contribution in [0.3, 0.4) is 0 Å². The molecule has 1 amide bonds. The standard InChI is InChI=1S/C8H7NO3S.C2H6/c1-5-2-3-6-7(4-5)13(11,12)9-8(6)10;1-2/h2-4H,1H3,(H,9,10);1-2H3. The summed E-state index contributed by atoms with van der Waals surface area (Å²) in [4.78, 5) is 11.2. The molecule has 5 heteroatoms. The fraction of sp³-hybridized carbons (Fsp3) is 0.300. The molecule has 1 aliphatic rings. The molecule has 1 aromatic rings. The predicted octanol–water partition coefficient (Wildman–Crippen LogP) is 1.45. The van der Waals surface area contributed by atoms with Crippen molar-refractivity contribution in [2.45, 2.75) is 25.7 Å². The Hall–Kier alpha value is -1.36. The highest BCUT2D eigenvalue weighted by molar-refractivity contribution is 7.90.